The fourth-order valence-corrected chi connectivity index (χ4v) is 3.37. The highest BCUT2D eigenvalue weighted by Crippen LogP contribution is 2.33. The maximum Gasteiger partial charge on any atom is 0.234 e. The number of nitrogens with zero attached hydrogens (tertiary/aromatic N) is 2. The number of fused-ring (bicyclic) bond motifs is 1. The molecule has 140 valence electrons. The van der Waals surface area contributed by atoms with Crippen molar-refractivity contribution in [2.24, 2.45) is 0 Å². The first-order valence-electron chi connectivity index (χ1n) is 8.70. The highest BCUT2D eigenvalue weighted by atomic mass is 19.1. The maximum atomic E-state index is 14.4. The van der Waals surface area contributed by atoms with Gasteiger partial charge in [-0.2, -0.15) is 0 Å². The van der Waals surface area contributed by atoms with Crippen molar-refractivity contribution in [3.8, 4) is 0 Å². The number of hydrogen-bond donors (Lipinski definition) is 1. The largest absolute Gasteiger partial charge is 0.385 e. The van der Waals surface area contributed by atoms with E-state index in [1.165, 1.54) is 12.1 Å². The van der Waals surface area contributed by atoms with Crippen molar-refractivity contribution < 1.29 is 18.3 Å². The molecule has 2 heterocycles. The summed E-state index contributed by atoms with van der Waals surface area (Å²) in [6.07, 6.45) is 2.67. The van der Waals surface area contributed by atoms with E-state index >= 15 is 0 Å². The van der Waals surface area contributed by atoms with Crippen LogP contribution in [0.5, 0.6) is 0 Å². The van der Waals surface area contributed by atoms with Gasteiger partial charge in [0, 0.05) is 56.9 Å². The average molecular weight is 363 g/mol. The molecule has 1 unspecified atom stereocenters. The van der Waals surface area contributed by atoms with Crippen LogP contribution >= 0.6 is 0 Å². The Bertz CT molecular complexity index is 763. The lowest BCUT2D eigenvalue weighted by Gasteiger charge is -2.37. The zero-order chi connectivity index (χ0) is 18.5. The summed E-state index contributed by atoms with van der Waals surface area (Å²) in [6, 6.07) is 6.99. The molecule has 26 heavy (non-hydrogen) atoms. The van der Waals surface area contributed by atoms with Gasteiger partial charge in [0.2, 0.25) is 5.91 Å². The van der Waals surface area contributed by atoms with Gasteiger partial charge in [0.05, 0.1) is 12.6 Å². The van der Waals surface area contributed by atoms with Crippen LogP contribution in [0.3, 0.4) is 0 Å². The minimum absolute atomic E-state index is 0.117. The van der Waals surface area contributed by atoms with Crippen molar-refractivity contribution in [3.05, 3.63) is 59.4 Å². The molecule has 0 saturated carbocycles. The van der Waals surface area contributed by atoms with E-state index in [9.17, 15) is 13.6 Å². The number of nitrogens with one attached hydrogen (secondary N) is 1. The van der Waals surface area contributed by atoms with Crippen LogP contribution in [0.1, 0.15) is 23.7 Å². The van der Waals surface area contributed by atoms with Crippen molar-refractivity contribution >= 4 is 5.91 Å². The SMILES string of the molecule is COCCCNC(=O)CN1CCn2cccc2C1c1ccc(F)cc1F. The maximum absolute atomic E-state index is 14.4. The molecule has 0 bridgehead atoms. The van der Waals surface area contributed by atoms with Crippen LogP contribution < -0.4 is 5.32 Å². The van der Waals surface area contributed by atoms with Crippen molar-refractivity contribution in [1.29, 1.82) is 0 Å². The lowest BCUT2D eigenvalue weighted by molar-refractivity contribution is -0.122. The summed E-state index contributed by atoms with van der Waals surface area (Å²) in [7, 11) is 1.62. The molecule has 3 rings (SSSR count). The van der Waals surface area contributed by atoms with Crippen LogP contribution in [-0.2, 0) is 16.1 Å². The number of ether oxygens (including phenoxy) is 1. The number of aromatic nitrogens is 1. The molecule has 1 aliphatic rings. The van der Waals surface area contributed by atoms with Crippen LogP contribution in [0, 0.1) is 11.6 Å². The van der Waals surface area contributed by atoms with Gasteiger partial charge in [0.1, 0.15) is 11.6 Å². The number of methoxy groups -OCH3 is 1. The predicted molar refractivity (Wildman–Crippen MR) is 93.7 cm³/mol. The first-order valence-corrected chi connectivity index (χ1v) is 8.70. The molecule has 1 aromatic carbocycles. The summed E-state index contributed by atoms with van der Waals surface area (Å²) in [5, 5.41) is 2.86. The summed E-state index contributed by atoms with van der Waals surface area (Å²) >= 11 is 0. The van der Waals surface area contributed by atoms with Gasteiger partial charge >= 0.3 is 0 Å². The average Bonchev–Trinajstić information content (AvgIpc) is 3.08. The van der Waals surface area contributed by atoms with E-state index in [-0.39, 0.29) is 12.5 Å². The third-order valence-electron chi connectivity index (χ3n) is 4.59. The van der Waals surface area contributed by atoms with Gasteiger partial charge in [-0.1, -0.05) is 6.07 Å². The second-order valence-corrected chi connectivity index (χ2v) is 6.36. The molecule has 0 spiro atoms. The number of hydrogen-bond acceptors (Lipinski definition) is 3. The minimum atomic E-state index is -0.611. The summed E-state index contributed by atoms with van der Waals surface area (Å²) in [5.74, 6) is -1.33. The number of benzene rings is 1. The lowest BCUT2D eigenvalue weighted by atomic mass is 9.99. The smallest absolute Gasteiger partial charge is 0.234 e. The quantitative estimate of drug-likeness (QED) is 0.768. The van der Waals surface area contributed by atoms with Gasteiger partial charge in [-0.15, -0.1) is 0 Å². The zero-order valence-electron chi connectivity index (χ0n) is 14.8. The summed E-state index contributed by atoms with van der Waals surface area (Å²) in [6.45, 7) is 2.60. The number of halogens is 2. The van der Waals surface area contributed by atoms with E-state index in [4.69, 9.17) is 4.74 Å². The Balaban J connectivity index is 1.79. The van der Waals surface area contributed by atoms with Crippen LogP contribution in [0.4, 0.5) is 8.78 Å². The molecule has 0 saturated heterocycles. The number of rotatable bonds is 7. The summed E-state index contributed by atoms with van der Waals surface area (Å²) < 4.78 is 34.8. The summed E-state index contributed by atoms with van der Waals surface area (Å²) in [5.41, 5.74) is 1.27. The van der Waals surface area contributed by atoms with Crippen molar-refractivity contribution in [2.75, 3.05) is 33.4 Å². The molecular weight excluding hydrogens is 340 g/mol. The summed E-state index contributed by atoms with van der Waals surface area (Å²) in [4.78, 5) is 14.2. The normalized spacial score (nSPS) is 17.1. The topological polar surface area (TPSA) is 46.5 Å². The second kappa shape index (κ2) is 8.42. The number of carbonyl (C=O) groups is 1. The molecule has 0 fully saturated rings. The number of amides is 1. The predicted octanol–water partition coefficient (Wildman–Crippen LogP) is 2.32. The Morgan fingerprint density at radius 3 is 2.92 bits per heavy atom. The van der Waals surface area contributed by atoms with E-state index in [0.29, 0.717) is 25.3 Å². The standard InChI is InChI=1S/C19H23F2N3O2/c1-26-11-3-7-22-18(25)13-24-10-9-23-8-2-4-17(23)19(24)15-6-5-14(20)12-16(15)21/h2,4-6,8,12,19H,3,7,9-11,13H2,1H3,(H,22,25). The molecule has 0 aliphatic carbocycles. The van der Waals surface area contributed by atoms with E-state index in [2.05, 4.69) is 5.32 Å². The molecule has 7 heteroatoms. The Morgan fingerprint density at radius 2 is 2.15 bits per heavy atom. The lowest BCUT2D eigenvalue weighted by Crippen LogP contribution is -2.44. The Kier molecular flexibility index (Phi) is 6.00. The first-order chi connectivity index (χ1) is 12.6. The fraction of sp³-hybridized carbons (Fsp3) is 0.421. The highest BCUT2D eigenvalue weighted by molar-refractivity contribution is 5.78. The van der Waals surface area contributed by atoms with Gasteiger partial charge < -0.3 is 14.6 Å². The highest BCUT2D eigenvalue weighted by Gasteiger charge is 2.31. The van der Waals surface area contributed by atoms with Gasteiger partial charge in [0.15, 0.2) is 0 Å². The number of carbonyl (C=O) groups excluding carboxylic acids is 1. The van der Waals surface area contributed by atoms with Gasteiger partial charge in [0.25, 0.3) is 0 Å². The van der Waals surface area contributed by atoms with Crippen LogP contribution in [0.25, 0.3) is 0 Å². The third-order valence-corrected chi connectivity index (χ3v) is 4.59. The van der Waals surface area contributed by atoms with Crippen LogP contribution in [-0.4, -0.2) is 48.7 Å². The molecular formula is C19H23F2N3O2. The molecule has 5 nitrogen and oxygen atoms in total. The molecule has 1 N–H and O–H groups in total. The Morgan fingerprint density at radius 1 is 1.31 bits per heavy atom. The minimum Gasteiger partial charge on any atom is -0.385 e. The molecule has 0 radical (unpaired) electrons. The first kappa shape index (κ1) is 18.5. The molecule has 1 aliphatic heterocycles. The zero-order valence-corrected chi connectivity index (χ0v) is 14.8. The van der Waals surface area contributed by atoms with Crippen LogP contribution in [0.2, 0.25) is 0 Å². The second-order valence-electron chi connectivity index (χ2n) is 6.36. The Labute approximate surface area is 151 Å². The molecule has 1 atom stereocenters. The molecule has 2 aromatic rings. The van der Waals surface area contributed by atoms with E-state index in [0.717, 1.165) is 24.7 Å². The van der Waals surface area contributed by atoms with E-state index in [1.54, 1.807) is 7.11 Å². The van der Waals surface area contributed by atoms with Gasteiger partial charge in [-0.25, -0.2) is 8.78 Å². The Hall–Kier alpha value is -2.25. The molecule has 1 amide bonds. The van der Waals surface area contributed by atoms with E-state index in [1.807, 2.05) is 27.8 Å². The fourth-order valence-electron chi connectivity index (χ4n) is 3.37. The van der Waals surface area contributed by atoms with Crippen molar-refractivity contribution in [2.45, 2.75) is 19.0 Å². The van der Waals surface area contributed by atoms with Crippen molar-refractivity contribution in [1.82, 2.24) is 14.8 Å². The van der Waals surface area contributed by atoms with E-state index < -0.39 is 17.7 Å². The monoisotopic (exact) mass is 363 g/mol. The van der Waals surface area contributed by atoms with Crippen molar-refractivity contribution in [3.63, 3.8) is 0 Å². The van der Waals surface area contributed by atoms with Gasteiger partial charge in [-0.3, -0.25) is 9.69 Å². The van der Waals surface area contributed by atoms with Crippen LogP contribution in [0.15, 0.2) is 36.5 Å². The van der Waals surface area contributed by atoms with Gasteiger partial charge in [-0.05, 0) is 24.6 Å². The molecule has 1 aromatic heterocycles. The third kappa shape index (κ3) is 4.11.